The summed E-state index contributed by atoms with van der Waals surface area (Å²) in [5.41, 5.74) is 0.509. The normalized spacial score (nSPS) is 16.0. The molecule has 1 aromatic carbocycles. The van der Waals surface area contributed by atoms with Crippen LogP contribution >= 0.6 is 23.4 Å². The molecular weight excluding hydrogens is 312 g/mol. The number of carboxylic acid groups (broad SMARTS) is 1. The highest BCUT2D eigenvalue weighted by Crippen LogP contribution is 2.24. The zero-order valence-electron chi connectivity index (χ0n) is 11.7. The Morgan fingerprint density at radius 1 is 1.29 bits per heavy atom. The van der Waals surface area contributed by atoms with Crippen LogP contribution in [0, 0.1) is 0 Å². The molecule has 1 saturated heterocycles. The molecule has 0 bridgehead atoms. The summed E-state index contributed by atoms with van der Waals surface area (Å²) in [7, 11) is 0. The lowest BCUT2D eigenvalue weighted by molar-refractivity contribution is -0.138. The Morgan fingerprint density at radius 3 is 2.52 bits per heavy atom. The standard InChI is InChI=1S/C14H17ClN2O3S/c1-21-10-2-3-12(15)11(8-10)14(20)17-6-4-16(5-7-17)9-13(18)19/h2-3,8H,4-7,9H2,1H3,(H,18,19). The lowest BCUT2D eigenvalue weighted by atomic mass is 10.1. The van der Waals surface area contributed by atoms with Crippen LogP contribution in [0.3, 0.4) is 0 Å². The maximum Gasteiger partial charge on any atom is 0.317 e. The third-order valence-corrected chi connectivity index (χ3v) is 4.48. The van der Waals surface area contributed by atoms with Crippen LogP contribution in [0.15, 0.2) is 23.1 Å². The zero-order chi connectivity index (χ0) is 15.4. The Balaban J connectivity index is 2.03. The quantitative estimate of drug-likeness (QED) is 0.855. The van der Waals surface area contributed by atoms with Crippen molar-refractivity contribution in [3.05, 3.63) is 28.8 Å². The third-order valence-electron chi connectivity index (χ3n) is 3.42. The molecule has 0 spiro atoms. The van der Waals surface area contributed by atoms with Crippen molar-refractivity contribution >= 4 is 35.2 Å². The van der Waals surface area contributed by atoms with Crippen LogP contribution in [0.25, 0.3) is 0 Å². The van der Waals surface area contributed by atoms with E-state index in [1.54, 1.807) is 28.8 Å². The van der Waals surface area contributed by atoms with E-state index in [0.717, 1.165) is 4.90 Å². The maximum absolute atomic E-state index is 12.5. The van der Waals surface area contributed by atoms with E-state index in [2.05, 4.69) is 0 Å². The minimum atomic E-state index is -0.842. The van der Waals surface area contributed by atoms with Gasteiger partial charge in [0.2, 0.25) is 0 Å². The van der Waals surface area contributed by atoms with Gasteiger partial charge in [-0.1, -0.05) is 11.6 Å². The fraction of sp³-hybridized carbons (Fsp3) is 0.429. The predicted octanol–water partition coefficient (Wildman–Crippen LogP) is 1.90. The van der Waals surface area contributed by atoms with Gasteiger partial charge in [-0.15, -0.1) is 11.8 Å². The molecule has 0 aromatic heterocycles. The number of benzene rings is 1. The second kappa shape index (κ2) is 7.15. The lowest BCUT2D eigenvalue weighted by Crippen LogP contribution is -2.49. The number of rotatable bonds is 4. The molecule has 0 atom stereocenters. The predicted molar refractivity (Wildman–Crippen MR) is 83.2 cm³/mol. The number of aliphatic carboxylic acids is 1. The molecule has 0 aliphatic carbocycles. The summed E-state index contributed by atoms with van der Waals surface area (Å²) in [4.78, 5) is 27.7. The summed E-state index contributed by atoms with van der Waals surface area (Å²) in [6.45, 7) is 2.19. The largest absolute Gasteiger partial charge is 0.480 e. The number of amides is 1. The van der Waals surface area contributed by atoms with Gasteiger partial charge in [0.05, 0.1) is 17.1 Å². The number of hydrogen-bond acceptors (Lipinski definition) is 4. The van der Waals surface area contributed by atoms with E-state index in [4.69, 9.17) is 16.7 Å². The van der Waals surface area contributed by atoms with Crippen LogP contribution in [0.5, 0.6) is 0 Å². The van der Waals surface area contributed by atoms with Crippen molar-refractivity contribution in [2.75, 3.05) is 39.0 Å². The highest BCUT2D eigenvalue weighted by molar-refractivity contribution is 7.98. The molecule has 1 N–H and O–H groups in total. The number of halogens is 1. The molecule has 1 aliphatic heterocycles. The fourth-order valence-electron chi connectivity index (χ4n) is 2.27. The van der Waals surface area contributed by atoms with Gasteiger partial charge in [-0.25, -0.2) is 0 Å². The van der Waals surface area contributed by atoms with Gasteiger partial charge in [-0.3, -0.25) is 14.5 Å². The Kier molecular flexibility index (Phi) is 5.50. The summed E-state index contributed by atoms with van der Waals surface area (Å²) < 4.78 is 0. The zero-order valence-corrected chi connectivity index (χ0v) is 13.3. The van der Waals surface area contributed by atoms with Gasteiger partial charge in [0.15, 0.2) is 0 Å². The van der Waals surface area contributed by atoms with Crippen LogP contribution in [-0.2, 0) is 4.79 Å². The molecule has 5 nitrogen and oxygen atoms in total. The monoisotopic (exact) mass is 328 g/mol. The average molecular weight is 329 g/mol. The highest BCUT2D eigenvalue weighted by atomic mass is 35.5. The molecule has 0 unspecified atom stereocenters. The Morgan fingerprint density at radius 2 is 1.95 bits per heavy atom. The van der Waals surface area contributed by atoms with Crippen LogP contribution in [0.1, 0.15) is 10.4 Å². The summed E-state index contributed by atoms with van der Waals surface area (Å²) in [6.07, 6.45) is 1.95. The fourth-order valence-corrected chi connectivity index (χ4v) is 2.90. The van der Waals surface area contributed by atoms with E-state index in [0.29, 0.717) is 36.8 Å². The first-order valence-electron chi connectivity index (χ1n) is 6.58. The Hall–Kier alpha value is -1.24. The number of nitrogens with zero attached hydrogens (tertiary/aromatic N) is 2. The van der Waals surface area contributed by atoms with Crippen molar-refractivity contribution in [2.24, 2.45) is 0 Å². The maximum atomic E-state index is 12.5. The molecule has 1 aliphatic rings. The van der Waals surface area contributed by atoms with E-state index in [9.17, 15) is 9.59 Å². The molecule has 1 amide bonds. The number of thioether (sulfide) groups is 1. The summed E-state index contributed by atoms with van der Waals surface area (Å²) in [6, 6.07) is 5.43. The van der Waals surface area contributed by atoms with E-state index >= 15 is 0 Å². The topological polar surface area (TPSA) is 60.9 Å². The van der Waals surface area contributed by atoms with Crippen molar-refractivity contribution in [2.45, 2.75) is 4.90 Å². The molecule has 2 rings (SSSR count). The minimum absolute atomic E-state index is 0.0186. The number of carboxylic acids is 1. The van der Waals surface area contributed by atoms with E-state index < -0.39 is 5.97 Å². The highest BCUT2D eigenvalue weighted by Gasteiger charge is 2.24. The molecular formula is C14H17ClN2O3S. The van der Waals surface area contributed by atoms with Crippen LogP contribution in [0.4, 0.5) is 0 Å². The van der Waals surface area contributed by atoms with Gasteiger partial charge in [0, 0.05) is 31.1 Å². The van der Waals surface area contributed by atoms with Crippen molar-refractivity contribution in [1.29, 1.82) is 0 Å². The van der Waals surface area contributed by atoms with E-state index in [1.807, 2.05) is 17.2 Å². The summed E-state index contributed by atoms with van der Waals surface area (Å²) >= 11 is 7.68. The second-order valence-electron chi connectivity index (χ2n) is 4.81. The van der Waals surface area contributed by atoms with Gasteiger partial charge < -0.3 is 10.0 Å². The third kappa shape index (κ3) is 4.12. The molecule has 1 heterocycles. The number of piperazine rings is 1. The van der Waals surface area contributed by atoms with Gasteiger partial charge in [-0.2, -0.15) is 0 Å². The number of carbonyl (C=O) groups excluding carboxylic acids is 1. The van der Waals surface area contributed by atoms with Crippen molar-refractivity contribution in [3.8, 4) is 0 Å². The first-order chi connectivity index (χ1) is 10.0. The number of carbonyl (C=O) groups is 2. The number of hydrogen-bond donors (Lipinski definition) is 1. The van der Waals surface area contributed by atoms with Crippen molar-refractivity contribution in [3.63, 3.8) is 0 Å². The average Bonchev–Trinajstić information content (AvgIpc) is 2.47. The summed E-state index contributed by atoms with van der Waals surface area (Å²) in [5.74, 6) is -0.934. The van der Waals surface area contributed by atoms with Gasteiger partial charge >= 0.3 is 5.97 Å². The smallest absolute Gasteiger partial charge is 0.317 e. The molecule has 114 valence electrons. The van der Waals surface area contributed by atoms with Crippen molar-refractivity contribution in [1.82, 2.24) is 9.80 Å². The minimum Gasteiger partial charge on any atom is -0.480 e. The van der Waals surface area contributed by atoms with E-state index in [-0.39, 0.29) is 12.5 Å². The lowest BCUT2D eigenvalue weighted by Gasteiger charge is -2.34. The second-order valence-corrected chi connectivity index (χ2v) is 6.09. The van der Waals surface area contributed by atoms with Crippen LogP contribution < -0.4 is 0 Å². The van der Waals surface area contributed by atoms with E-state index in [1.165, 1.54) is 0 Å². The van der Waals surface area contributed by atoms with Gasteiger partial charge in [0.25, 0.3) is 5.91 Å². The van der Waals surface area contributed by atoms with Gasteiger partial charge in [0.1, 0.15) is 0 Å². The molecule has 21 heavy (non-hydrogen) atoms. The molecule has 0 saturated carbocycles. The van der Waals surface area contributed by atoms with Crippen LogP contribution in [-0.4, -0.2) is 65.8 Å². The molecule has 1 aromatic rings. The Labute approximate surface area is 132 Å². The molecule has 0 radical (unpaired) electrons. The Bertz CT molecular complexity index is 545. The van der Waals surface area contributed by atoms with Gasteiger partial charge in [-0.05, 0) is 24.5 Å². The SMILES string of the molecule is CSc1ccc(Cl)c(C(=O)N2CCN(CC(=O)O)CC2)c1. The van der Waals surface area contributed by atoms with Crippen molar-refractivity contribution < 1.29 is 14.7 Å². The first-order valence-corrected chi connectivity index (χ1v) is 8.18. The first kappa shape index (κ1) is 16.1. The molecule has 7 heteroatoms. The molecule has 1 fully saturated rings. The van der Waals surface area contributed by atoms with Crippen LogP contribution in [0.2, 0.25) is 5.02 Å². The summed E-state index contributed by atoms with van der Waals surface area (Å²) in [5, 5.41) is 9.22.